The zero-order valence-corrected chi connectivity index (χ0v) is 8.30. The molecule has 0 aliphatic rings. The molecule has 0 atom stereocenters. The monoisotopic (exact) mass is 182 g/mol. The third kappa shape index (κ3) is 3.83. The zero-order valence-electron chi connectivity index (χ0n) is 8.30. The van der Waals surface area contributed by atoms with Crippen molar-refractivity contribution in [3.05, 3.63) is 35.4 Å². The van der Waals surface area contributed by atoms with Gasteiger partial charge in [-0.2, -0.15) is 0 Å². The normalized spacial score (nSPS) is 8.62. The molecule has 0 fully saturated rings. The quantitative estimate of drug-likeness (QED) is 0.641. The lowest BCUT2D eigenvalue weighted by Crippen LogP contribution is -1.91. The molecule has 1 aromatic carbocycles. The Morgan fingerprint density at radius 1 is 1.23 bits per heavy atom. The number of benzene rings is 1. The van der Waals surface area contributed by atoms with Gasteiger partial charge in [0, 0.05) is 5.56 Å². The van der Waals surface area contributed by atoms with Crippen LogP contribution in [-0.2, 0) is 6.67 Å². The summed E-state index contributed by atoms with van der Waals surface area (Å²) in [5, 5.41) is 0. The van der Waals surface area contributed by atoms with Gasteiger partial charge in [-0.25, -0.2) is 4.39 Å². The molecule has 0 spiro atoms. The van der Waals surface area contributed by atoms with Crippen LogP contribution in [0, 0.1) is 0 Å². The number of carbonyl (C=O) groups excluding carboxylic acids is 1. The molecule has 0 unspecified atom stereocenters. The molecular weight excluding hydrogens is 167 g/mol. The van der Waals surface area contributed by atoms with Crippen molar-refractivity contribution in [2.45, 2.75) is 27.4 Å². The Balaban J connectivity index is 0.000000671. The number of ketones is 1. The van der Waals surface area contributed by atoms with E-state index in [2.05, 4.69) is 0 Å². The van der Waals surface area contributed by atoms with Crippen LogP contribution in [0.4, 0.5) is 4.39 Å². The van der Waals surface area contributed by atoms with Gasteiger partial charge in [-0.15, -0.1) is 0 Å². The Kier molecular flexibility index (Phi) is 5.77. The van der Waals surface area contributed by atoms with Gasteiger partial charge in [0.2, 0.25) is 0 Å². The fourth-order valence-electron chi connectivity index (χ4n) is 0.829. The maximum absolute atomic E-state index is 12.0. The van der Waals surface area contributed by atoms with Crippen molar-refractivity contribution < 1.29 is 9.18 Å². The molecule has 0 heterocycles. The standard InChI is InChI=1S/C9H9FO.C2H6/c1-7(11)9-4-2-8(6-10)3-5-9;1-2/h2-5H,6H2,1H3;1-2H3. The van der Waals surface area contributed by atoms with Crippen molar-refractivity contribution in [3.63, 3.8) is 0 Å². The highest BCUT2D eigenvalue weighted by Crippen LogP contribution is 2.05. The van der Waals surface area contributed by atoms with Crippen LogP contribution >= 0.6 is 0 Å². The molecule has 72 valence electrons. The lowest BCUT2D eigenvalue weighted by Gasteiger charge is -1.95. The van der Waals surface area contributed by atoms with E-state index >= 15 is 0 Å². The molecule has 13 heavy (non-hydrogen) atoms. The number of hydrogen-bond donors (Lipinski definition) is 0. The van der Waals surface area contributed by atoms with Crippen LogP contribution in [0.25, 0.3) is 0 Å². The van der Waals surface area contributed by atoms with E-state index in [1.54, 1.807) is 24.3 Å². The predicted octanol–water partition coefficient (Wildman–Crippen LogP) is 3.38. The minimum Gasteiger partial charge on any atom is -0.295 e. The first-order chi connectivity index (χ1) is 6.24. The van der Waals surface area contributed by atoms with Crippen LogP contribution in [-0.4, -0.2) is 5.78 Å². The van der Waals surface area contributed by atoms with Crippen molar-refractivity contribution in [2.75, 3.05) is 0 Å². The van der Waals surface area contributed by atoms with E-state index in [0.717, 1.165) is 0 Å². The third-order valence-corrected chi connectivity index (χ3v) is 1.51. The van der Waals surface area contributed by atoms with Crippen LogP contribution < -0.4 is 0 Å². The third-order valence-electron chi connectivity index (χ3n) is 1.51. The number of halogens is 1. The number of carbonyl (C=O) groups is 1. The molecule has 0 amide bonds. The summed E-state index contributed by atoms with van der Waals surface area (Å²) in [6.45, 7) is 5.02. The summed E-state index contributed by atoms with van der Waals surface area (Å²) in [5.41, 5.74) is 1.23. The van der Waals surface area contributed by atoms with E-state index in [9.17, 15) is 9.18 Å². The van der Waals surface area contributed by atoms with Gasteiger partial charge >= 0.3 is 0 Å². The van der Waals surface area contributed by atoms with Crippen molar-refractivity contribution in [2.24, 2.45) is 0 Å². The maximum atomic E-state index is 12.0. The Bertz CT molecular complexity index is 251. The number of hydrogen-bond acceptors (Lipinski definition) is 1. The van der Waals surface area contributed by atoms with Gasteiger partial charge in [-0.3, -0.25) is 4.79 Å². The van der Waals surface area contributed by atoms with E-state index in [-0.39, 0.29) is 5.78 Å². The SMILES string of the molecule is CC.CC(=O)c1ccc(CF)cc1. The van der Waals surface area contributed by atoms with Crippen molar-refractivity contribution in [1.82, 2.24) is 0 Å². The topological polar surface area (TPSA) is 17.1 Å². The largest absolute Gasteiger partial charge is 0.295 e. The second kappa shape index (κ2) is 6.35. The summed E-state index contributed by atoms with van der Waals surface area (Å²) < 4.78 is 12.0. The van der Waals surface area contributed by atoms with Gasteiger partial charge < -0.3 is 0 Å². The first kappa shape index (κ1) is 11.8. The summed E-state index contributed by atoms with van der Waals surface area (Å²) in [7, 11) is 0. The molecule has 0 aliphatic carbocycles. The highest BCUT2D eigenvalue weighted by atomic mass is 19.1. The van der Waals surface area contributed by atoms with E-state index < -0.39 is 6.67 Å². The molecule has 0 aliphatic heterocycles. The van der Waals surface area contributed by atoms with Gasteiger partial charge in [0.15, 0.2) is 5.78 Å². The zero-order chi connectivity index (χ0) is 10.3. The Morgan fingerprint density at radius 2 is 1.69 bits per heavy atom. The first-order valence-corrected chi connectivity index (χ1v) is 4.40. The van der Waals surface area contributed by atoms with E-state index in [1.807, 2.05) is 13.8 Å². The lowest BCUT2D eigenvalue weighted by atomic mass is 10.1. The van der Waals surface area contributed by atoms with Crippen LogP contribution in [0.2, 0.25) is 0 Å². The molecule has 0 bridgehead atoms. The maximum Gasteiger partial charge on any atom is 0.159 e. The molecule has 0 radical (unpaired) electrons. The predicted molar refractivity (Wildman–Crippen MR) is 52.6 cm³/mol. The Labute approximate surface area is 78.6 Å². The average Bonchev–Trinajstić information content (AvgIpc) is 2.21. The van der Waals surface area contributed by atoms with Crippen LogP contribution in [0.1, 0.15) is 36.7 Å². The van der Waals surface area contributed by atoms with Crippen LogP contribution in [0.15, 0.2) is 24.3 Å². The van der Waals surface area contributed by atoms with Gasteiger partial charge in [0.05, 0.1) is 0 Å². The second-order valence-corrected chi connectivity index (χ2v) is 2.39. The second-order valence-electron chi connectivity index (χ2n) is 2.39. The Morgan fingerprint density at radius 3 is 2.00 bits per heavy atom. The summed E-state index contributed by atoms with van der Waals surface area (Å²) in [4.78, 5) is 10.8. The number of Topliss-reactive ketones (excluding diaryl/α,β-unsaturated/α-hetero) is 1. The molecule has 0 N–H and O–H groups in total. The molecule has 1 nitrogen and oxygen atoms in total. The van der Waals surface area contributed by atoms with Crippen LogP contribution in [0.5, 0.6) is 0 Å². The minimum absolute atomic E-state index is 0.00964. The van der Waals surface area contributed by atoms with Gasteiger partial charge in [-0.1, -0.05) is 38.1 Å². The van der Waals surface area contributed by atoms with E-state index in [0.29, 0.717) is 11.1 Å². The summed E-state index contributed by atoms with van der Waals surface area (Å²) >= 11 is 0. The molecule has 0 saturated heterocycles. The Hall–Kier alpha value is -1.18. The first-order valence-electron chi connectivity index (χ1n) is 4.40. The number of rotatable bonds is 2. The molecule has 1 aromatic rings. The summed E-state index contributed by atoms with van der Waals surface area (Å²) in [5.74, 6) is 0.00964. The minimum atomic E-state index is -0.474. The number of alkyl halides is 1. The van der Waals surface area contributed by atoms with Crippen molar-refractivity contribution in [3.8, 4) is 0 Å². The molecule has 0 saturated carbocycles. The van der Waals surface area contributed by atoms with E-state index in [4.69, 9.17) is 0 Å². The molecule has 0 aromatic heterocycles. The smallest absolute Gasteiger partial charge is 0.159 e. The van der Waals surface area contributed by atoms with Gasteiger partial charge in [0.1, 0.15) is 6.67 Å². The van der Waals surface area contributed by atoms with Crippen LogP contribution in [0.3, 0.4) is 0 Å². The fourth-order valence-corrected chi connectivity index (χ4v) is 0.829. The highest BCUT2D eigenvalue weighted by molar-refractivity contribution is 5.93. The average molecular weight is 182 g/mol. The van der Waals surface area contributed by atoms with E-state index in [1.165, 1.54) is 6.92 Å². The molecule has 2 heteroatoms. The molecule has 1 rings (SSSR count). The van der Waals surface area contributed by atoms with Gasteiger partial charge in [0.25, 0.3) is 0 Å². The fraction of sp³-hybridized carbons (Fsp3) is 0.364. The molecular formula is C11H15FO. The van der Waals surface area contributed by atoms with Crippen molar-refractivity contribution >= 4 is 5.78 Å². The summed E-state index contributed by atoms with van der Waals surface area (Å²) in [6, 6.07) is 6.52. The van der Waals surface area contributed by atoms with Gasteiger partial charge in [-0.05, 0) is 12.5 Å². The van der Waals surface area contributed by atoms with Crippen molar-refractivity contribution in [1.29, 1.82) is 0 Å². The lowest BCUT2D eigenvalue weighted by molar-refractivity contribution is 0.101. The summed E-state index contributed by atoms with van der Waals surface area (Å²) in [6.07, 6.45) is 0. The highest BCUT2D eigenvalue weighted by Gasteiger charge is 1.97.